The molecule has 2 aromatic rings. The van der Waals surface area contributed by atoms with E-state index in [1.165, 1.54) is 6.20 Å². The lowest BCUT2D eigenvalue weighted by Crippen LogP contribution is -2.23. The van der Waals surface area contributed by atoms with Gasteiger partial charge in [-0.15, -0.1) is 0 Å². The van der Waals surface area contributed by atoms with E-state index >= 15 is 0 Å². The van der Waals surface area contributed by atoms with Gasteiger partial charge in [0.1, 0.15) is 11.5 Å². The molecule has 21 heavy (non-hydrogen) atoms. The van der Waals surface area contributed by atoms with Crippen molar-refractivity contribution in [3.63, 3.8) is 0 Å². The van der Waals surface area contributed by atoms with Gasteiger partial charge in [-0.3, -0.25) is 0 Å². The van der Waals surface area contributed by atoms with E-state index in [-0.39, 0.29) is 12.1 Å². The van der Waals surface area contributed by atoms with E-state index in [9.17, 15) is 13.2 Å². The van der Waals surface area contributed by atoms with Crippen LogP contribution in [0.4, 0.5) is 18.9 Å². The number of nitrogens with zero attached hydrogens (tertiary/aromatic N) is 2. The van der Waals surface area contributed by atoms with Crippen LogP contribution in [0.2, 0.25) is 0 Å². The summed E-state index contributed by atoms with van der Waals surface area (Å²) in [6, 6.07) is 1.67. The Balaban J connectivity index is 1.79. The molecule has 0 amide bonds. The molecule has 1 atom stereocenters. The molecular formula is C14H14F3N3O. The third kappa shape index (κ3) is 2.55. The summed E-state index contributed by atoms with van der Waals surface area (Å²) < 4.78 is 47.5. The van der Waals surface area contributed by atoms with Crippen LogP contribution in [-0.4, -0.2) is 16.4 Å². The first-order chi connectivity index (χ1) is 10.1. The van der Waals surface area contributed by atoms with Crippen molar-refractivity contribution in [1.82, 2.24) is 9.78 Å². The second kappa shape index (κ2) is 5.31. The first kappa shape index (κ1) is 13.8. The van der Waals surface area contributed by atoms with E-state index in [1.807, 2.05) is 6.92 Å². The Bertz CT molecular complexity index is 672. The number of halogens is 3. The number of aromatic nitrogens is 2. The third-order valence-corrected chi connectivity index (χ3v) is 3.37. The minimum Gasteiger partial charge on any atom is -0.476 e. The van der Waals surface area contributed by atoms with Crippen molar-refractivity contribution in [3.8, 4) is 5.88 Å². The molecule has 0 bridgehead atoms. The molecule has 0 radical (unpaired) electrons. The Morgan fingerprint density at radius 3 is 2.90 bits per heavy atom. The average molecular weight is 297 g/mol. The second-order valence-electron chi connectivity index (χ2n) is 5.14. The molecule has 3 rings (SSSR count). The third-order valence-electron chi connectivity index (χ3n) is 3.37. The average Bonchev–Trinajstić information content (AvgIpc) is 2.85. The highest BCUT2D eigenvalue weighted by atomic mass is 19.2. The fraction of sp³-hybridized carbons (Fsp3) is 0.357. The van der Waals surface area contributed by atoms with Crippen molar-refractivity contribution in [2.45, 2.75) is 20.0 Å². The molecule has 1 aliphatic heterocycles. The molecular weight excluding hydrogens is 283 g/mol. The minimum atomic E-state index is -1.18. The molecule has 0 aliphatic carbocycles. The number of hydrogen-bond donors (Lipinski definition) is 1. The van der Waals surface area contributed by atoms with Crippen LogP contribution in [0.25, 0.3) is 0 Å². The second-order valence-corrected chi connectivity index (χ2v) is 5.14. The summed E-state index contributed by atoms with van der Waals surface area (Å²) in [6.07, 6.45) is 1.53. The first-order valence-corrected chi connectivity index (χ1v) is 6.61. The van der Waals surface area contributed by atoms with E-state index in [4.69, 9.17) is 4.74 Å². The maximum absolute atomic E-state index is 13.6. The largest absolute Gasteiger partial charge is 0.476 e. The lowest BCUT2D eigenvalue weighted by Gasteiger charge is -2.21. The van der Waals surface area contributed by atoms with Crippen molar-refractivity contribution < 1.29 is 17.9 Å². The quantitative estimate of drug-likeness (QED) is 0.885. The summed E-state index contributed by atoms with van der Waals surface area (Å²) in [4.78, 5) is 0. The summed E-state index contributed by atoms with van der Waals surface area (Å²) in [5.41, 5.74) is 0.184. The molecule has 1 unspecified atom stereocenters. The molecule has 0 spiro atoms. The van der Waals surface area contributed by atoms with Gasteiger partial charge < -0.3 is 10.1 Å². The standard InChI is InChI=1S/C14H14F3N3O/c1-8-6-20-14(21-7-8)12(5-19-20)18-4-9-10(15)2-3-11(16)13(9)17/h2-3,5,8,18H,4,6-7H2,1H3. The number of nitrogens with one attached hydrogen (secondary N) is 1. The van der Waals surface area contributed by atoms with Crippen LogP contribution in [0.1, 0.15) is 12.5 Å². The smallest absolute Gasteiger partial charge is 0.235 e. The fourth-order valence-electron chi connectivity index (χ4n) is 2.26. The minimum absolute atomic E-state index is 0.187. The SMILES string of the molecule is CC1COc2c(NCc3c(F)ccc(F)c3F)cnn2C1. The predicted molar refractivity (Wildman–Crippen MR) is 70.5 cm³/mol. The molecule has 112 valence electrons. The Labute approximate surface area is 119 Å². The number of rotatable bonds is 3. The van der Waals surface area contributed by atoms with Crippen molar-refractivity contribution in [2.24, 2.45) is 5.92 Å². The zero-order valence-corrected chi connectivity index (χ0v) is 11.4. The van der Waals surface area contributed by atoms with Gasteiger partial charge in [-0.05, 0) is 12.1 Å². The summed E-state index contributed by atoms with van der Waals surface area (Å²) in [7, 11) is 0. The molecule has 1 aromatic carbocycles. The van der Waals surface area contributed by atoms with E-state index in [2.05, 4.69) is 10.4 Å². The highest BCUT2D eigenvalue weighted by Gasteiger charge is 2.21. The molecule has 2 heterocycles. The summed E-state index contributed by atoms with van der Waals surface area (Å²) in [5.74, 6) is -2.17. The summed E-state index contributed by atoms with van der Waals surface area (Å²) in [5, 5.41) is 6.99. The van der Waals surface area contributed by atoms with Crippen LogP contribution >= 0.6 is 0 Å². The first-order valence-electron chi connectivity index (χ1n) is 6.61. The zero-order chi connectivity index (χ0) is 15.0. The van der Waals surface area contributed by atoms with E-state index in [0.717, 1.165) is 18.7 Å². The van der Waals surface area contributed by atoms with Crippen molar-refractivity contribution in [3.05, 3.63) is 41.3 Å². The zero-order valence-electron chi connectivity index (χ0n) is 11.4. The Hall–Kier alpha value is -2.18. The van der Waals surface area contributed by atoms with Gasteiger partial charge in [-0.2, -0.15) is 5.10 Å². The topological polar surface area (TPSA) is 39.1 Å². The maximum Gasteiger partial charge on any atom is 0.235 e. The van der Waals surface area contributed by atoms with Gasteiger partial charge in [0.25, 0.3) is 0 Å². The van der Waals surface area contributed by atoms with Gasteiger partial charge in [-0.1, -0.05) is 6.92 Å². The Kier molecular flexibility index (Phi) is 3.48. The number of hydrogen-bond acceptors (Lipinski definition) is 3. The molecule has 4 nitrogen and oxygen atoms in total. The van der Waals surface area contributed by atoms with Gasteiger partial charge in [0.05, 0.1) is 19.3 Å². The van der Waals surface area contributed by atoms with Gasteiger partial charge in [0.15, 0.2) is 11.6 Å². The van der Waals surface area contributed by atoms with Gasteiger partial charge >= 0.3 is 0 Å². The van der Waals surface area contributed by atoms with Crippen molar-refractivity contribution in [2.75, 3.05) is 11.9 Å². The molecule has 0 fully saturated rings. The highest BCUT2D eigenvalue weighted by molar-refractivity contribution is 5.52. The normalized spacial score (nSPS) is 17.2. The van der Waals surface area contributed by atoms with Gasteiger partial charge in [0, 0.05) is 18.0 Å². The molecule has 1 aromatic heterocycles. The monoisotopic (exact) mass is 297 g/mol. The van der Waals surface area contributed by atoms with Crippen LogP contribution < -0.4 is 10.1 Å². The summed E-state index contributed by atoms with van der Waals surface area (Å²) >= 11 is 0. The van der Waals surface area contributed by atoms with Crippen LogP contribution in [0.15, 0.2) is 18.3 Å². The molecule has 0 saturated heterocycles. The lowest BCUT2D eigenvalue weighted by molar-refractivity contribution is 0.176. The van der Waals surface area contributed by atoms with Crippen LogP contribution in [0, 0.1) is 23.4 Å². The molecule has 1 aliphatic rings. The van der Waals surface area contributed by atoms with Gasteiger partial charge in [-0.25, -0.2) is 17.9 Å². The summed E-state index contributed by atoms with van der Waals surface area (Å²) in [6.45, 7) is 3.13. The highest BCUT2D eigenvalue weighted by Crippen LogP contribution is 2.29. The molecule has 1 N–H and O–H groups in total. The Morgan fingerprint density at radius 2 is 2.10 bits per heavy atom. The van der Waals surface area contributed by atoms with E-state index in [1.54, 1.807) is 4.68 Å². The molecule has 0 saturated carbocycles. The lowest BCUT2D eigenvalue weighted by atomic mass is 10.2. The maximum atomic E-state index is 13.6. The number of benzene rings is 1. The number of ether oxygens (including phenoxy) is 1. The van der Waals surface area contributed by atoms with E-state index in [0.29, 0.717) is 24.1 Å². The van der Waals surface area contributed by atoms with Crippen LogP contribution in [0.5, 0.6) is 5.88 Å². The fourth-order valence-corrected chi connectivity index (χ4v) is 2.26. The number of fused-ring (bicyclic) bond motifs is 1. The van der Waals surface area contributed by atoms with Gasteiger partial charge in [0.2, 0.25) is 5.88 Å². The van der Waals surface area contributed by atoms with Crippen LogP contribution in [-0.2, 0) is 13.1 Å². The van der Waals surface area contributed by atoms with Crippen molar-refractivity contribution >= 4 is 5.69 Å². The molecule has 7 heteroatoms. The Morgan fingerprint density at radius 1 is 1.33 bits per heavy atom. The number of anilines is 1. The van der Waals surface area contributed by atoms with Crippen molar-refractivity contribution in [1.29, 1.82) is 0 Å². The predicted octanol–water partition coefficient (Wildman–Crippen LogP) is 2.94. The van der Waals surface area contributed by atoms with Crippen LogP contribution in [0.3, 0.4) is 0 Å². The van der Waals surface area contributed by atoms with E-state index < -0.39 is 17.5 Å².